The summed E-state index contributed by atoms with van der Waals surface area (Å²) >= 11 is 6.94. The highest BCUT2D eigenvalue weighted by atomic mass is 32.1. The number of methoxy groups -OCH3 is 1. The Bertz CT molecular complexity index is 712. The molecule has 1 N–H and O–H groups in total. The zero-order chi connectivity index (χ0) is 11.8. The Morgan fingerprint density at radius 3 is 3.00 bits per heavy atom. The molecule has 0 aliphatic rings. The van der Waals surface area contributed by atoms with Crippen molar-refractivity contribution < 1.29 is 4.74 Å². The molecule has 0 saturated carbocycles. The van der Waals surface area contributed by atoms with Gasteiger partial charge in [0.05, 0.1) is 18.3 Å². The van der Waals surface area contributed by atoms with Gasteiger partial charge in [0.1, 0.15) is 0 Å². The number of pyridine rings is 1. The Morgan fingerprint density at radius 2 is 2.29 bits per heavy atom. The Hall–Kier alpha value is -1.66. The molecule has 6 heteroatoms. The number of imidazole rings is 1. The second-order valence-corrected chi connectivity index (χ2v) is 4.64. The Labute approximate surface area is 107 Å². The average molecular weight is 263 g/mol. The molecule has 3 rings (SSSR count). The molecular formula is C11H9N3OS2. The van der Waals surface area contributed by atoms with Crippen LogP contribution < -0.4 is 4.74 Å². The smallest absolute Gasteiger partial charge is 0.215 e. The zero-order valence-corrected chi connectivity index (χ0v) is 10.6. The van der Waals surface area contributed by atoms with Crippen molar-refractivity contribution in [1.82, 2.24) is 14.5 Å². The van der Waals surface area contributed by atoms with Gasteiger partial charge in [-0.2, -0.15) is 16.3 Å². The second-order valence-electron chi connectivity index (χ2n) is 3.47. The maximum atomic E-state index is 5.31. The molecule has 0 saturated heterocycles. The maximum Gasteiger partial charge on any atom is 0.215 e. The van der Waals surface area contributed by atoms with E-state index in [-0.39, 0.29) is 0 Å². The molecule has 86 valence electrons. The number of hydrogen-bond acceptors (Lipinski definition) is 4. The zero-order valence-electron chi connectivity index (χ0n) is 9.01. The number of aromatic nitrogens is 3. The van der Waals surface area contributed by atoms with Crippen LogP contribution in [0.3, 0.4) is 0 Å². The molecule has 0 aromatic carbocycles. The maximum absolute atomic E-state index is 5.31. The van der Waals surface area contributed by atoms with E-state index >= 15 is 0 Å². The molecule has 0 aliphatic carbocycles. The highest BCUT2D eigenvalue weighted by molar-refractivity contribution is 7.71. The average Bonchev–Trinajstić information content (AvgIpc) is 2.93. The van der Waals surface area contributed by atoms with Gasteiger partial charge in [-0.3, -0.25) is 4.57 Å². The summed E-state index contributed by atoms with van der Waals surface area (Å²) < 4.78 is 7.68. The van der Waals surface area contributed by atoms with Crippen LogP contribution in [-0.2, 0) is 0 Å². The lowest BCUT2D eigenvalue weighted by Gasteiger charge is -2.01. The number of rotatable bonds is 2. The standard InChI is InChI=1S/C11H9N3OS2/c1-15-9-3-2-8-10(13-9)14(11(16)12-8)7-4-5-17-6-7/h2-6H,1H3,(H,12,16). The van der Waals surface area contributed by atoms with Crippen molar-refractivity contribution in [2.24, 2.45) is 0 Å². The van der Waals surface area contributed by atoms with Crippen LogP contribution in [0.4, 0.5) is 0 Å². The summed E-state index contributed by atoms with van der Waals surface area (Å²) in [6, 6.07) is 5.74. The van der Waals surface area contributed by atoms with E-state index in [4.69, 9.17) is 17.0 Å². The minimum atomic E-state index is 0.579. The highest BCUT2D eigenvalue weighted by Gasteiger charge is 2.09. The normalized spacial score (nSPS) is 10.9. The van der Waals surface area contributed by atoms with Crippen LogP contribution in [0, 0.1) is 4.77 Å². The molecule has 0 aliphatic heterocycles. The van der Waals surface area contributed by atoms with Gasteiger partial charge in [-0.15, -0.1) is 0 Å². The molecule has 3 heterocycles. The monoisotopic (exact) mass is 263 g/mol. The van der Waals surface area contributed by atoms with E-state index in [1.54, 1.807) is 18.4 Å². The lowest BCUT2D eigenvalue weighted by molar-refractivity contribution is 0.399. The van der Waals surface area contributed by atoms with Gasteiger partial charge in [-0.1, -0.05) is 0 Å². The van der Waals surface area contributed by atoms with Gasteiger partial charge in [0.15, 0.2) is 10.4 Å². The summed E-state index contributed by atoms with van der Waals surface area (Å²) in [7, 11) is 1.60. The fourth-order valence-electron chi connectivity index (χ4n) is 1.70. The van der Waals surface area contributed by atoms with E-state index in [9.17, 15) is 0 Å². The van der Waals surface area contributed by atoms with Gasteiger partial charge in [0.25, 0.3) is 0 Å². The molecule has 0 spiro atoms. The van der Waals surface area contributed by atoms with E-state index in [0.29, 0.717) is 10.7 Å². The van der Waals surface area contributed by atoms with Crippen molar-refractivity contribution in [3.63, 3.8) is 0 Å². The number of fused-ring (bicyclic) bond motifs is 1. The Kier molecular flexibility index (Phi) is 2.45. The Balaban J connectivity index is 2.36. The van der Waals surface area contributed by atoms with Gasteiger partial charge >= 0.3 is 0 Å². The first-order valence-corrected chi connectivity index (χ1v) is 6.33. The van der Waals surface area contributed by atoms with Crippen LogP contribution >= 0.6 is 23.6 Å². The van der Waals surface area contributed by atoms with Crippen molar-refractivity contribution in [2.75, 3.05) is 7.11 Å². The lowest BCUT2D eigenvalue weighted by Crippen LogP contribution is -1.95. The second kappa shape index (κ2) is 3.97. The third-order valence-electron chi connectivity index (χ3n) is 2.48. The van der Waals surface area contributed by atoms with E-state index in [1.165, 1.54) is 0 Å². The summed E-state index contributed by atoms with van der Waals surface area (Å²) in [5, 5.41) is 4.04. The molecule has 3 aromatic rings. The van der Waals surface area contributed by atoms with Crippen molar-refractivity contribution in [3.05, 3.63) is 33.7 Å². The number of ether oxygens (including phenoxy) is 1. The van der Waals surface area contributed by atoms with Crippen molar-refractivity contribution in [2.45, 2.75) is 0 Å². The fourth-order valence-corrected chi connectivity index (χ4v) is 2.63. The van der Waals surface area contributed by atoms with Crippen molar-refractivity contribution in [1.29, 1.82) is 0 Å². The lowest BCUT2D eigenvalue weighted by atomic mass is 10.4. The molecule has 0 unspecified atom stereocenters. The molecule has 0 radical (unpaired) electrons. The molecule has 0 fully saturated rings. The number of nitrogens with zero attached hydrogens (tertiary/aromatic N) is 2. The van der Waals surface area contributed by atoms with Crippen molar-refractivity contribution >= 4 is 34.7 Å². The van der Waals surface area contributed by atoms with Gasteiger partial charge in [0.2, 0.25) is 5.88 Å². The van der Waals surface area contributed by atoms with E-state index in [1.807, 2.05) is 33.5 Å². The number of hydrogen-bond donors (Lipinski definition) is 1. The molecule has 3 aromatic heterocycles. The summed E-state index contributed by atoms with van der Waals surface area (Å²) in [6.07, 6.45) is 0. The predicted octanol–water partition coefficient (Wildman–Crippen LogP) is 3.15. The van der Waals surface area contributed by atoms with Crippen LogP contribution in [0.15, 0.2) is 29.0 Å². The first-order chi connectivity index (χ1) is 8.29. The molecule has 17 heavy (non-hydrogen) atoms. The third-order valence-corrected chi connectivity index (χ3v) is 3.43. The number of thiophene rings is 1. The summed E-state index contributed by atoms with van der Waals surface area (Å²) in [5.41, 5.74) is 2.71. The largest absolute Gasteiger partial charge is 0.481 e. The quantitative estimate of drug-likeness (QED) is 0.722. The van der Waals surface area contributed by atoms with E-state index in [0.717, 1.165) is 16.9 Å². The number of H-pyrrole nitrogens is 1. The minimum Gasteiger partial charge on any atom is -0.481 e. The van der Waals surface area contributed by atoms with Crippen LogP contribution in [-0.4, -0.2) is 21.6 Å². The summed E-state index contributed by atoms with van der Waals surface area (Å²) in [6.45, 7) is 0. The van der Waals surface area contributed by atoms with Gasteiger partial charge < -0.3 is 9.72 Å². The van der Waals surface area contributed by atoms with E-state index in [2.05, 4.69) is 9.97 Å². The fraction of sp³-hybridized carbons (Fsp3) is 0.0909. The number of nitrogens with one attached hydrogen (secondary N) is 1. The Morgan fingerprint density at radius 1 is 1.41 bits per heavy atom. The minimum absolute atomic E-state index is 0.579. The van der Waals surface area contributed by atoms with Crippen LogP contribution in [0.5, 0.6) is 5.88 Å². The first kappa shape index (κ1) is 10.5. The highest BCUT2D eigenvalue weighted by Crippen LogP contribution is 2.21. The molecule has 0 bridgehead atoms. The summed E-state index contributed by atoms with van der Waals surface area (Å²) in [4.78, 5) is 7.55. The number of aromatic amines is 1. The molecule has 0 atom stereocenters. The first-order valence-electron chi connectivity index (χ1n) is 4.98. The van der Waals surface area contributed by atoms with Crippen molar-refractivity contribution in [3.8, 4) is 11.6 Å². The predicted molar refractivity (Wildman–Crippen MR) is 70.7 cm³/mol. The molecular weight excluding hydrogens is 254 g/mol. The third kappa shape index (κ3) is 1.65. The van der Waals surface area contributed by atoms with Gasteiger partial charge in [-0.25, -0.2) is 0 Å². The van der Waals surface area contributed by atoms with E-state index < -0.39 is 0 Å². The van der Waals surface area contributed by atoms with Crippen LogP contribution in [0.25, 0.3) is 16.9 Å². The molecule has 4 nitrogen and oxygen atoms in total. The van der Waals surface area contributed by atoms with Gasteiger partial charge in [-0.05, 0) is 29.7 Å². The molecule has 0 amide bonds. The van der Waals surface area contributed by atoms with Crippen LogP contribution in [0.2, 0.25) is 0 Å². The van der Waals surface area contributed by atoms with Crippen LogP contribution in [0.1, 0.15) is 0 Å². The topological polar surface area (TPSA) is 42.8 Å². The summed E-state index contributed by atoms with van der Waals surface area (Å²) in [5.74, 6) is 0.579. The van der Waals surface area contributed by atoms with Gasteiger partial charge in [0, 0.05) is 11.4 Å². The SMILES string of the molecule is COc1ccc2[nH]c(=S)n(-c3ccsc3)c2n1.